The standard InChI is InChI=1S/C3H2N2O2S/c6-3-4-2(5-7)1-8-3/h1H,(H,4,6). The van der Waals surface area contributed by atoms with E-state index in [0.717, 1.165) is 11.3 Å². The summed E-state index contributed by atoms with van der Waals surface area (Å²) in [6.07, 6.45) is 0. The van der Waals surface area contributed by atoms with Gasteiger partial charge in [-0.1, -0.05) is 11.3 Å². The third kappa shape index (κ3) is 0.812. The molecule has 1 heterocycles. The second-order valence-electron chi connectivity index (χ2n) is 1.12. The van der Waals surface area contributed by atoms with Gasteiger partial charge in [-0.2, -0.15) is 0 Å². The summed E-state index contributed by atoms with van der Waals surface area (Å²) in [5.41, 5.74) is 0. The smallest absolute Gasteiger partial charge is 0.295 e. The van der Waals surface area contributed by atoms with Crippen LogP contribution in [0.3, 0.4) is 0 Å². The molecule has 8 heavy (non-hydrogen) atoms. The summed E-state index contributed by atoms with van der Waals surface area (Å²) < 4.78 is 0. The molecular weight excluding hydrogens is 128 g/mol. The highest BCUT2D eigenvalue weighted by Gasteiger charge is 1.90. The van der Waals surface area contributed by atoms with E-state index in [0.29, 0.717) is 0 Å². The highest BCUT2D eigenvalue weighted by atomic mass is 32.1. The first-order valence-electron chi connectivity index (χ1n) is 1.84. The topological polar surface area (TPSA) is 62.3 Å². The minimum Gasteiger partial charge on any atom is -0.295 e. The van der Waals surface area contributed by atoms with Gasteiger partial charge in [-0.05, 0) is 5.18 Å². The van der Waals surface area contributed by atoms with Crippen molar-refractivity contribution in [1.29, 1.82) is 0 Å². The summed E-state index contributed by atoms with van der Waals surface area (Å²) in [6.45, 7) is 0. The Morgan fingerprint density at radius 3 is 2.75 bits per heavy atom. The van der Waals surface area contributed by atoms with E-state index in [4.69, 9.17) is 0 Å². The van der Waals surface area contributed by atoms with Gasteiger partial charge in [0.2, 0.25) is 0 Å². The van der Waals surface area contributed by atoms with Crippen molar-refractivity contribution in [2.24, 2.45) is 5.18 Å². The molecule has 0 unspecified atom stereocenters. The lowest BCUT2D eigenvalue weighted by Crippen LogP contribution is -1.89. The van der Waals surface area contributed by atoms with E-state index in [-0.39, 0.29) is 10.7 Å². The fourth-order valence-electron chi connectivity index (χ4n) is 0.317. The van der Waals surface area contributed by atoms with E-state index in [1.165, 1.54) is 5.38 Å². The molecule has 0 aliphatic rings. The SMILES string of the molecule is O=Nc1csc(=O)[nH]1. The van der Waals surface area contributed by atoms with Gasteiger partial charge in [0.1, 0.15) is 0 Å². The van der Waals surface area contributed by atoms with Crippen LogP contribution in [0.15, 0.2) is 15.4 Å². The molecule has 0 aromatic carbocycles. The number of hydrogen-bond acceptors (Lipinski definition) is 4. The highest BCUT2D eigenvalue weighted by molar-refractivity contribution is 7.07. The van der Waals surface area contributed by atoms with Gasteiger partial charge in [-0.15, -0.1) is 4.91 Å². The van der Waals surface area contributed by atoms with Gasteiger partial charge in [-0.3, -0.25) is 9.78 Å². The summed E-state index contributed by atoms with van der Waals surface area (Å²) >= 11 is 0.924. The highest BCUT2D eigenvalue weighted by Crippen LogP contribution is 2.04. The lowest BCUT2D eigenvalue weighted by Gasteiger charge is -1.66. The van der Waals surface area contributed by atoms with E-state index in [2.05, 4.69) is 10.2 Å². The van der Waals surface area contributed by atoms with Gasteiger partial charge in [0.25, 0.3) is 0 Å². The number of aromatic nitrogens is 1. The molecule has 1 aromatic heterocycles. The number of nitrogens with one attached hydrogen (secondary N) is 1. The van der Waals surface area contributed by atoms with Gasteiger partial charge < -0.3 is 0 Å². The summed E-state index contributed by atoms with van der Waals surface area (Å²) in [5.74, 6) is 0.0972. The first-order chi connectivity index (χ1) is 3.83. The van der Waals surface area contributed by atoms with Crippen LogP contribution in [0.5, 0.6) is 0 Å². The molecule has 5 heteroatoms. The minimum absolute atomic E-state index is 0.0972. The minimum atomic E-state index is -0.250. The van der Waals surface area contributed by atoms with E-state index in [9.17, 15) is 9.70 Å². The molecule has 1 aromatic rings. The Balaban J connectivity index is 3.18. The van der Waals surface area contributed by atoms with E-state index >= 15 is 0 Å². The number of rotatable bonds is 1. The van der Waals surface area contributed by atoms with Crippen molar-refractivity contribution >= 4 is 17.2 Å². The third-order valence-corrected chi connectivity index (χ3v) is 1.26. The maximum absolute atomic E-state index is 10.2. The molecule has 0 amide bonds. The number of thiazole rings is 1. The van der Waals surface area contributed by atoms with Crippen molar-refractivity contribution < 1.29 is 0 Å². The molecule has 42 valence electrons. The number of hydrogen-bond donors (Lipinski definition) is 1. The molecule has 0 saturated heterocycles. The maximum atomic E-state index is 10.2. The van der Waals surface area contributed by atoms with Crippen molar-refractivity contribution in [3.05, 3.63) is 20.0 Å². The Hall–Kier alpha value is -0.970. The second-order valence-corrected chi connectivity index (χ2v) is 1.97. The molecule has 0 saturated carbocycles. The molecule has 0 bridgehead atoms. The van der Waals surface area contributed by atoms with Gasteiger partial charge in [-0.25, -0.2) is 0 Å². The fourth-order valence-corrected chi connectivity index (χ4v) is 0.801. The number of aromatic amines is 1. The zero-order valence-electron chi connectivity index (χ0n) is 3.75. The van der Waals surface area contributed by atoms with Crippen LogP contribution in [0.2, 0.25) is 0 Å². The van der Waals surface area contributed by atoms with Gasteiger partial charge in [0.15, 0.2) is 5.82 Å². The van der Waals surface area contributed by atoms with Crippen molar-refractivity contribution in [2.45, 2.75) is 0 Å². The van der Waals surface area contributed by atoms with Crippen LogP contribution < -0.4 is 4.87 Å². The van der Waals surface area contributed by atoms with Crippen molar-refractivity contribution in [3.8, 4) is 0 Å². The zero-order chi connectivity index (χ0) is 5.98. The van der Waals surface area contributed by atoms with Crippen LogP contribution in [0.25, 0.3) is 0 Å². The molecule has 0 spiro atoms. The van der Waals surface area contributed by atoms with Gasteiger partial charge in [0, 0.05) is 5.38 Å². The van der Waals surface area contributed by atoms with E-state index in [1.54, 1.807) is 0 Å². The van der Waals surface area contributed by atoms with Crippen LogP contribution in [0.4, 0.5) is 5.82 Å². The van der Waals surface area contributed by atoms with Crippen molar-refractivity contribution in [3.63, 3.8) is 0 Å². The first-order valence-corrected chi connectivity index (χ1v) is 2.72. The number of H-pyrrole nitrogens is 1. The average Bonchev–Trinajstić information content (AvgIpc) is 2.14. The lowest BCUT2D eigenvalue weighted by molar-refractivity contribution is 1.28. The molecular formula is C3H2N2O2S. The van der Waals surface area contributed by atoms with Gasteiger partial charge in [0.05, 0.1) is 0 Å². The monoisotopic (exact) mass is 130 g/mol. The molecule has 1 rings (SSSR count). The molecule has 1 N–H and O–H groups in total. The molecule has 0 aliphatic carbocycles. The van der Waals surface area contributed by atoms with E-state index in [1.807, 2.05) is 0 Å². The number of nitrogens with zero attached hydrogens (tertiary/aromatic N) is 1. The largest absolute Gasteiger partial charge is 0.306 e. The Labute approximate surface area is 48.1 Å². The fraction of sp³-hybridized carbons (Fsp3) is 0. The molecule has 0 radical (unpaired) electrons. The summed E-state index contributed by atoms with van der Waals surface area (Å²) in [6, 6.07) is 0. The lowest BCUT2D eigenvalue weighted by atomic mass is 10.8. The van der Waals surface area contributed by atoms with Crippen LogP contribution in [-0.2, 0) is 0 Å². The Morgan fingerprint density at radius 1 is 1.75 bits per heavy atom. The van der Waals surface area contributed by atoms with Gasteiger partial charge >= 0.3 is 4.87 Å². The Kier molecular flexibility index (Phi) is 1.21. The average molecular weight is 130 g/mol. The molecule has 4 nitrogen and oxygen atoms in total. The molecule has 0 atom stereocenters. The van der Waals surface area contributed by atoms with E-state index < -0.39 is 0 Å². The van der Waals surface area contributed by atoms with Crippen molar-refractivity contribution in [1.82, 2.24) is 4.98 Å². The predicted octanol–water partition coefficient (Wildman–Crippen LogP) is 0.834. The summed E-state index contributed by atoms with van der Waals surface area (Å²) in [7, 11) is 0. The third-order valence-electron chi connectivity index (χ3n) is 0.606. The Morgan fingerprint density at radius 2 is 2.50 bits per heavy atom. The summed E-state index contributed by atoms with van der Waals surface area (Å²) in [5, 5.41) is 3.87. The molecule has 0 aliphatic heterocycles. The zero-order valence-corrected chi connectivity index (χ0v) is 4.57. The van der Waals surface area contributed by atoms with Crippen LogP contribution in [-0.4, -0.2) is 4.98 Å². The Bertz CT molecular complexity index is 237. The predicted molar refractivity (Wildman–Crippen MR) is 30.4 cm³/mol. The quantitative estimate of drug-likeness (QED) is 0.572. The van der Waals surface area contributed by atoms with Crippen molar-refractivity contribution in [2.75, 3.05) is 0 Å². The second kappa shape index (κ2) is 1.87. The van der Waals surface area contributed by atoms with Crippen LogP contribution >= 0.6 is 11.3 Å². The normalized spacial score (nSPS) is 9.00. The summed E-state index contributed by atoms with van der Waals surface area (Å²) in [4.78, 5) is 21.8. The number of nitroso groups, excluding NO2 is 1. The first kappa shape index (κ1) is 5.17. The maximum Gasteiger partial charge on any atom is 0.306 e. The van der Waals surface area contributed by atoms with Crippen LogP contribution in [0, 0.1) is 4.91 Å². The molecule has 0 fully saturated rings. The van der Waals surface area contributed by atoms with Crippen LogP contribution in [0.1, 0.15) is 0 Å².